The Bertz CT molecular complexity index is 2980. The van der Waals surface area contributed by atoms with Gasteiger partial charge in [-0.25, -0.2) is 9.79 Å². The molecule has 0 radical (unpaired) electrons. The first-order valence-electron chi connectivity index (χ1n) is 14.4. The summed E-state index contributed by atoms with van der Waals surface area (Å²) in [5, 5.41) is 12.2. The molecule has 0 saturated heterocycles. The molecule has 0 unspecified atom stereocenters. The van der Waals surface area contributed by atoms with Crippen molar-refractivity contribution < 1.29 is 66.2 Å². The molecule has 0 bridgehead atoms. The van der Waals surface area contributed by atoms with E-state index in [1.165, 1.54) is 36.4 Å². The highest BCUT2D eigenvalue weighted by molar-refractivity contribution is 7.86. The summed E-state index contributed by atoms with van der Waals surface area (Å²) in [6.07, 6.45) is 0. The van der Waals surface area contributed by atoms with Gasteiger partial charge in [0.25, 0.3) is 40.5 Å². The van der Waals surface area contributed by atoms with Crippen LogP contribution in [0.25, 0.3) is 33.4 Å². The normalized spacial score (nSPS) is 13.0. The molecular weight excluding hydrogens is 781 g/mol. The Kier molecular flexibility index (Phi) is 9.25. The van der Waals surface area contributed by atoms with Crippen molar-refractivity contribution in [2.45, 2.75) is 19.6 Å². The molecule has 0 atom stereocenters. The SMILES string of the molecule is O=C(O)c1ccccc1-c1c2cc(S(=O)(=O)O)c(=Nc3ccc(S(=O)(=O)O)cc3)cc-2oc2cc(Nc3ccc(S(=O)(=O)O)cc3)c(S(=O)(=O)O)cc12. The molecule has 4 aromatic carbocycles. The van der Waals surface area contributed by atoms with Crippen molar-refractivity contribution in [1.29, 1.82) is 0 Å². The number of carboxylic acid groups (broad SMARTS) is 1. The fourth-order valence-electron chi connectivity index (χ4n) is 5.41. The number of carbonyl (C=O) groups is 1. The number of nitrogens with zero attached hydrogens (tertiary/aromatic N) is 1. The van der Waals surface area contributed by atoms with Gasteiger partial charge in [0.1, 0.15) is 21.1 Å². The van der Waals surface area contributed by atoms with Gasteiger partial charge in [0.05, 0.1) is 32.1 Å². The second-order valence-corrected chi connectivity index (χ2v) is 16.8. The van der Waals surface area contributed by atoms with Crippen LogP contribution in [0.2, 0.25) is 0 Å². The maximum atomic E-state index is 12.7. The van der Waals surface area contributed by atoms with Gasteiger partial charge in [0.2, 0.25) is 0 Å². The van der Waals surface area contributed by atoms with Crippen molar-refractivity contribution in [3.63, 3.8) is 0 Å². The molecule has 6 rings (SSSR count). The molecule has 1 aliphatic carbocycles. The Hall–Kier alpha value is -5.52. The van der Waals surface area contributed by atoms with Crippen LogP contribution < -0.4 is 10.7 Å². The highest BCUT2D eigenvalue weighted by atomic mass is 32.2. The van der Waals surface area contributed by atoms with Gasteiger partial charge in [-0.2, -0.15) is 33.7 Å². The second kappa shape index (κ2) is 13.2. The molecule has 21 heteroatoms. The second-order valence-electron chi connectivity index (χ2n) is 11.1. The minimum atomic E-state index is -5.13. The predicted octanol–water partition coefficient (Wildman–Crippen LogP) is 4.87. The average molecular weight is 803 g/mol. The maximum absolute atomic E-state index is 12.7. The van der Waals surface area contributed by atoms with Gasteiger partial charge in [-0.05, 0) is 72.3 Å². The summed E-state index contributed by atoms with van der Waals surface area (Å²) in [4.78, 5) is 14.0. The van der Waals surface area contributed by atoms with Crippen LogP contribution in [0, 0.1) is 0 Å². The molecule has 274 valence electrons. The minimum absolute atomic E-state index is 0.0387. The first-order chi connectivity index (χ1) is 24.6. The number of aromatic carboxylic acids is 1. The number of benzene rings is 5. The summed E-state index contributed by atoms with van der Waals surface area (Å²) in [5.41, 5.74) is -1.11. The topological polar surface area (TPSA) is 292 Å². The van der Waals surface area contributed by atoms with Crippen LogP contribution in [-0.2, 0) is 40.5 Å². The van der Waals surface area contributed by atoms with Crippen LogP contribution in [0.3, 0.4) is 0 Å². The van der Waals surface area contributed by atoms with E-state index in [1.807, 2.05) is 0 Å². The van der Waals surface area contributed by atoms with E-state index in [1.54, 1.807) is 0 Å². The summed E-state index contributed by atoms with van der Waals surface area (Å²) >= 11 is 0. The standard InChI is InChI=1S/C32H22N2O15S4/c35-32(36)22-4-2-1-3-21(22)31-23-13-29(52(43,44)45)25(33-17-5-9-19(10-6-17)50(37,38)39)15-27(23)49-28-16-26(30(14-24(28)31)53(46,47)48)34-18-7-11-20(12-8-18)51(40,41)42/h1-16,33H,(H,35,36)(H,37,38,39)(H,40,41,42)(H,43,44,45)(H,46,47,48). The van der Waals surface area contributed by atoms with E-state index in [-0.39, 0.29) is 56.0 Å². The molecule has 1 heterocycles. The summed E-state index contributed by atoms with van der Waals surface area (Å²) in [6, 6.07) is 18.0. The lowest BCUT2D eigenvalue weighted by atomic mass is 9.90. The van der Waals surface area contributed by atoms with Crippen LogP contribution in [0.5, 0.6) is 0 Å². The number of nitrogens with one attached hydrogen (secondary N) is 1. The molecule has 0 fully saturated rings. The number of hydrogen-bond donors (Lipinski definition) is 6. The van der Waals surface area contributed by atoms with Crippen LogP contribution >= 0.6 is 0 Å². The Balaban J connectivity index is 1.72. The van der Waals surface area contributed by atoms with E-state index in [0.717, 1.165) is 60.7 Å². The first kappa shape index (κ1) is 37.2. The third kappa shape index (κ3) is 7.67. The van der Waals surface area contributed by atoms with Crippen molar-refractivity contribution in [3.05, 3.63) is 108 Å². The van der Waals surface area contributed by atoms with Crippen LogP contribution in [0.15, 0.2) is 126 Å². The smallest absolute Gasteiger partial charge is 0.336 e. The summed E-state index contributed by atoms with van der Waals surface area (Å²) < 4.78 is 142. The molecule has 0 aromatic heterocycles. The van der Waals surface area contributed by atoms with Crippen molar-refractivity contribution in [1.82, 2.24) is 0 Å². The van der Waals surface area contributed by atoms with Crippen molar-refractivity contribution >= 4 is 74.5 Å². The van der Waals surface area contributed by atoms with E-state index in [0.29, 0.717) is 0 Å². The lowest BCUT2D eigenvalue weighted by molar-refractivity contribution is 0.0697. The lowest BCUT2D eigenvalue weighted by Gasteiger charge is -2.19. The predicted molar refractivity (Wildman–Crippen MR) is 186 cm³/mol. The molecule has 2 aliphatic rings. The molecule has 4 aromatic rings. The Labute approximate surface area is 299 Å². The molecule has 0 amide bonds. The fraction of sp³-hybridized carbons (Fsp3) is 0. The first-order valence-corrected chi connectivity index (χ1v) is 20.2. The third-order valence-electron chi connectivity index (χ3n) is 7.70. The van der Waals surface area contributed by atoms with Gasteiger partial charge in [-0.15, -0.1) is 0 Å². The number of rotatable bonds is 9. The highest BCUT2D eigenvalue weighted by Gasteiger charge is 2.28. The zero-order valence-electron chi connectivity index (χ0n) is 26.1. The zero-order chi connectivity index (χ0) is 38.7. The average Bonchev–Trinajstić information content (AvgIpc) is 3.05. The number of hydrogen-bond acceptors (Lipinski definition) is 12. The van der Waals surface area contributed by atoms with Crippen molar-refractivity contribution in [2.75, 3.05) is 5.32 Å². The zero-order valence-corrected chi connectivity index (χ0v) is 29.4. The Morgan fingerprint density at radius 1 is 0.623 bits per heavy atom. The molecule has 6 N–H and O–H groups in total. The van der Waals surface area contributed by atoms with E-state index < -0.39 is 71.4 Å². The molecular formula is C32H22N2O15S4. The minimum Gasteiger partial charge on any atom is -0.478 e. The Morgan fingerprint density at radius 3 is 1.74 bits per heavy atom. The largest absolute Gasteiger partial charge is 0.478 e. The van der Waals surface area contributed by atoms with Crippen molar-refractivity contribution in [3.8, 4) is 22.5 Å². The van der Waals surface area contributed by atoms with E-state index in [4.69, 9.17) is 4.42 Å². The van der Waals surface area contributed by atoms with Crippen LogP contribution in [0.4, 0.5) is 17.1 Å². The van der Waals surface area contributed by atoms with Gasteiger partial charge >= 0.3 is 5.97 Å². The lowest BCUT2D eigenvalue weighted by Crippen LogP contribution is -2.16. The number of fused-ring (bicyclic) bond motifs is 2. The number of anilines is 2. The van der Waals surface area contributed by atoms with Gasteiger partial charge in [0, 0.05) is 34.3 Å². The number of carboxylic acids is 1. The van der Waals surface area contributed by atoms with E-state index in [9.17, 15) is 61.8 Å². The molecule has 53 heavy (non-hydrogen) atoms. The maximum Gasteiger partial charge on any atom is 0.336 e. The Morgan fingerprint density at radius 2 is 1.19 bits per heavy atom. The van der Waals surface area contributed by atoms with Crippen molar-refractivity contribution in [2.24, 2.45) is 4.99 Å². The summed E-state index contributed by atoms with van der Waals surface area (Å²) in [7, 11) is -19.4. The molecule has 0 saturated carbocycles. The molecule has 0 spiro atoms. The van der Waals surface area contributed by atoms with E-state index >= 15 is 0 Å². The highest BCUT2D eigenvalue weighted by Crippen LogP contribution is 2.44. The molecule has 1 aliphatic heterocycles. The van der Waals surface area contributed by atoms with Crippen LogP contribution in [-0.4, -0.2) is 63.0 Å². The summed E-state index contributed by atoms with van der Waals surface area (Å²) in [6.45, 7) is 0. The quantitative estimate of drug-likeness (QED) is 0.0840. The monoisotopic (exact) mass is 802 g/mol. The van der Waals surface area contributed by atoms with Crippen LogP contribution in [0.1, 0.15) is 10.4 Å². The van der Waals surface area contributed by atoms with Gasteiger partial charge < -0.3 is 14.8 Å². The molecule has 17 nitrogen and oxygen atoms in total. The summed E-state index contributed by atoms with van der Waals surface area (Å²) in [5.74, 6) is -1.62. The van der Waals surface area contributed by atoms with Gasteiger partial charge in [-0.3, -0.25) is 18.2 Å². The van der Waals surface area contributed by atoms with Gasteiger partial charge in [-0.1, -0.05) is 18.2 Å². The van der Waals surface area contributed by atoms with E-state index in [2.05, 4.69) is 10.3 Å². The fourth-order valence-corrected chi connectivity index (χ4v) is 7.66. The van der Waals surface area contributed by atoms with Gasteiger partial charge in [0.15, 0.2) is 0 Å². The third-order valence-corrected chi connectivity index (χ3v) is 11.2.